The first kappa shape index (κ1) is 13.0. The molecule has 0 spiro atoms. The van der Waals surface area contributed by atoms with Gasteiger partial charge in [0.1, 0.15) is 11.4 Å². The molecule has 1 aromatic carbocycles. The predicted octanol–water partition coefficient (Wildman–Crippen LogP) is 0.902. The van der Waals surface area contributed by atoms with E-state index in [4.69, 9.17) is 10.5 Å². The minimum atomic E-state index is -0.958. The van der Waals surface area contributed by atoms with E-state index in [1.165, 1.54) is 11.0 Å². The Hall–Kier alpha value is -1.46. The van der Waals surface area contributed by atoms with Gasteiger partial charge in [0.2, 0.25) is 5.91 Å². The Labute approximate surface area is 106 Å². The molecule has 0 bridgehead atoms. The molecular formula is C13H17FN2O2. The highest BCUT2D eigenvalue weighted by molar-refractivity contribution is 5.86. The van der Waals surface area contributed by atoms with Crippen molar-refractivity contribution in [2.75, 3.05) is 20.3 Å². The summed E-state index contributed by atoms with van der Waals surface area (Å²) in [4.78, 5) is 13.6. The fourth-order valence-electron chi connectivity index (χ4n) is 2.08. The summed E-state index contributed by atoms with van der Waals surface area (Å²) < 4.78 is 18.7. The van der Waals surface area contributed by atoms with Crippen LogP contribution < -0.4 is 5.73 Å². The highest BCUT2D eigenvalue weighted by Crippen LogP contribution is 2.19. The lowest BCUT2D eigenvalue weighted by atomic mass is 9.98. The fourth-order valence-corrected chi connectivity index (χ4v) is 2.08. The number of amides is 1. The van der Waals surface area contributed by atoms with Gasteiger partial charge in [-0.2, -0.15) is 0 Å². The van der Waals surface area contributed by atoms with Crippen LogP contribution in [-0.4, -0.2) is 36.6 Å². The number of carbonyl (C=O) groups is 1. The van der Waals surface area contributed by atoms with Crippen molar-refractivity contribution in [3.63, 3.8) is 0 Å². The molecule has 4 nitrogen and oxygen atoms in total. The molecule has 0 aromatic heterocycles. The third-order valence-corrected chi connectivity index (χ3v) is 3.19. The molecule has 5 heteroatoms. The quantitative estimate of drug-likeness (QED) is 0.869. The molecular weight excluding hydrogens is 235 g/mol. The van der Waals surface area contributed by atoms with Gasteiger partial charge in [0.25, 0.3) is 0 Å². The normalized spacial score (nSPS) is 23.1. The molecule has 98 valence electrons. The van der Waals surface area contributed by atoms with Crippen LogP contribution in [0.4, 0.5) is 4.39 Å². The molecule has 1 aromatic rings. The first-order valence-corrected chi connectivity index (χ1v) is 5.88. The molecule has 0 radical (unpaired) electrons. The van der Waals surface area contributed by atoms with Crippen LogP contribution in [0.5, 0.6) is 0 Å². The van der Waals surface area contributed by atoms with Gasteiger partial charge < -0.3 is 15.4 Å². The van der Waals surface area contributed by atoms with E-state index in [9.17, 15) is 9.18 Å². The summed E-state index contributed by atoms with van der Waals surface area (Å²) in [6, 6.07) is 6.40. The average Bonchev–Trinajstić information content (AvgIpc) is 2.79. The summed E-state index contributed by atoms with van der Waals surface area (Å²) in [5, 5.41) is 0. The Morgan fingerprint density at radius 3 is 2.89 bits per heavy atom. The molecule has 1 aliphatic heterocycles. The number of halogens is 1. The number of ether oxygens (including phenoxy) is 1. The second-order valence-electron chi connectivity index (χ2n) is 4.71. The maximum Gasteiger partial charge on any atom is 0.245 e. The molecule has 0 aliphatic carbocycles. The van der Waals surface area contributed by atoms with E-state index in [2.05, 4.69) is 0 Å². The SMILES string of the molecule is CN(Cc1ccccc1F)C(=O)C1(N)CCOC1. The smallest absolute Gasteiger partial charge is 0.245 e. The monoisotopic (exact) mass is 252 g/mol. The van der Waals surface area contributed by atoms with Crippen LogP contribution in [0.2, 0.25) is 0 Å². The standard InChI is InChI=1S/C13H17FN2O2/c1-16(8-10-4-2-3-5-11(10)14)12(17)13(15)6-7-18-9-13/h2-5H,6-9,15H2,1H3. The van der Waals surface area contributed by atoms with Gasteiger partial charge in [0, 0.05) is 25.8 Å². The summed E-state index contributed by atoms with van der Waals surface area (Å²) in [7, 11) is 1.63. The van der Waals surface area contributed by atoms with Gasteiger partial charge >= 0.3 is 0 Å². The number of hydrogen-bond acceptors (Lipinski definition) is 3. The second kappa shape index (κ2) is 5.04. The van der Waals surface area contributed by atoms with Crippen molar-refractivity contribution < 1.29 is 13.9 Å². The van der Waals surface area contributed by atoms with Gasteiger partial charge in [-0.3, -0.25) is 4.79 Å². The molecule has 1 fully saturated rings. The zero-order chi connectivity index (χ0) is 13.2. The van der Waals surface area contributed by atoms with E-state index in [0.717, 1.165) is 0 Å². The van der Waals surface area contributed by atoms with Crippen LogP contribution in [0.15, 0.2) is 24.3 Å². The number of nitrogens with zero attached hydrogens (tertiary/aromatic N) is 1. The lowest BCUT2D eigenvalue weighted by Gasteiger charge is -2.27. The van der Waals surface area contributed by atoms with Crippen molar-refractivity contribution >= 4 is 5.91 Å². The molecule has 1 saturated heterocycles. The van der Waals surface area contributed by atoms with Crippen molar-refractivity contribution in [3.8, 4) is 0 Å². The third kappa shape index (κ3) is 2.52. The van der Waals surface area contributed by atoms with Crippen LogP contribution >= 0.6 is 0 Å². The number of likely N-dealkylation sites (N-methyl/N-ethyl adjacent to an activating group) is 1. The van der Waals surface area contributed by atoms with E-state index in [1.54, 1.807) is 25.2 Å². The molecule has 1 heterocycles. The van der Waals surface area contributed by atoms with E-state index >= 15 is 0 Å². The summed E-state index contributed by atoms with van der Waals surface area (Å²) in [6.45, 7) is 0.938. The Bertz CT molecular complexity index is 444. The van der Waals surface area contributed by atoms with Crippen molar-refractivity contribution in [1.29, 1.82) is 0 Å². The minimum absolute atomic E-state index is 0.205. The summed E-state index contributed by atoms with van der Waals surface area (Å²) >= 11 is 0. The van der Waals surface area contributed by atoms with Crippen molar-refractivity contribution in [1.82, 2.24) is 4.90 Å². The Kier molecular flexibility index (Phi) is 3.63. The second-order valence-corrected chi connectivity index (χ2v) is 4.71. The van der Waals surface area contributed by atoms with E-state index in [0.29, 0.717) is 18.6 Å². The number of carbonyl (C=O) groups excluding carboxylic acids is 1. The van der Waals surface area contributed by atoms with Crippen molar-refractivity contribution in [2.45, 2.75) is 18.5 Å². The Balaban J connectivity index is 2.06. The molecule has 1 aliphatic rings. The van der Waals surface area contributed by atoms with E-state index < -0.39 is 5.54 Å². The molecule has 1 amide bonds. The van der Waals surface area contributed by atoms with Crippen LogP contribution in [0.3, 0.4) is 0 Å². The number of benzene rings is 1. The molecule has 2 rings (SSSR count). The third-order valence-electron chi connectivity index (χ3n) is 3.19. The molecule has 2 N–H and O–H groups in total. The maximum absolute atomic E-state index is 13.5. The zero-order valence-corrected chi connectivity index (χ0v) is 10.4. The van der Waals surface area contributed by atoms with Gasteiger partial charge in [-0.15, -0.1) is 0 Å². The number of hydrogen-bond donors (Lipinski definition) is 1. The van der Waals surface area contributed by atoms with E-state index in [-0.39, 0.29) is 24.9 Å². The topological polar surface area (TPSA) is 55.6 Å². The van der Waals surface area contributed by atoms with Gasteiger partial charge in [-0.1, -0.05) is 18.2 Å². The van der Waals surface area contributed by atoms with E-state index in [1.807, 2.05) is 0 Å². The zero-order valence-electron chi connectivity index (χ0n) is 10.4. The highest BCUT2D eigenvalue weighted by atomic mass is 19.1. The highest BCUT2D eigenvalue weighted by Gasteiger charge is 2.40. The Morgan fingerprint density at radius 2 is 2.28 bits per heavy atom. The maximum atomic E-state index is 13.5. The van der Waals surface area contributed by atoms with Crippen LogP contribution in [0.25, 0.3) is 0 Å². The summed E-state index contributed by atoms with van der Waals surface area (Å²) in [5.41, 5.74) is 5.51. The van der Waals surface area contributed by atoms with Gasteiger partial charge in [-0.25, -0.2) is 4.39 Å². The molecule has 1 unspecified atom stereocenters. The molecule has 1 atom stereocenters. The van der Waals surface area contributed by atoms with Gasteiger partial charge in [-0.05, 0) is 12.5 Å². The van der Waals surface area contributed by atoms with Crippen molar-refractivity contribution in [3.05, 3.63) is 35.6 Å². The molecule has 18 heavy (non-hydrogen) atoms. The lowest BCUT2D eigenvalue weighted by Crippen LogP contribution is -2.54. The number of nitrogens with two attached hydrogens (primary N) is 1. The van der Waals surface area contributed by atoms with Crippen LogP contribution in [-0.2, 0) is 16.1 Å². The largest absolute Gasteiger partial charge is 0.379 e. The fraction of sp³-hybridized carbons (Fsp3) is 0.462. The summed E-state index contributed by atoms with van der Waals surface area (Å²) in [6.07, 6.45) is 0.507. The predicted molar refractivity (Wildman–Crippen MR) is 65.2 cm³/mol. The van der Waals surface area contributed by atoms with Gasteiger partial charge in [0.15, 0.2) is 0 Å². The number of rotatable bonds is 3. The van der Waals surface area contributed by atoms with Crippen molar-refractivity contribution in [2.24, 2.45) is 5.73 Å². The van der Waals surface area contributed by atoms with Crippen LogP contribution in [0.1, 0.15) is 12.0 Å². The first-order chi connectivity index (χ1) is 8.53. The minimum Gasteiger partial charge on any atom is -0.379 e. The van der Waals surface area contributed by atoms with Gasteiger partial charge in [0.05, 0.1) is 6.61 Å². The average molecular weight is 252 g/mol. The first-order valence-electron chi connectivity index (χ1n) is 5.88. The lowest BCUT2D eigenvalue weighted by molar-refractivity contribution is -0.136. The van der Waals surface area contributed by atoms with Crippen LogP contribution in [0, 0.1) is 5.82 Å². The Morgan fingerprint density at radius 1 is 1.56 bits per heavy atom. The molecule has 0 saturated carbocycles. The summed E-state index contributed by atoms with van der Waals surface area (Å²) in [5.74, 6) is -0.519.